The number of rotatable bonds is 5. The first-order valence-corrected chi connectivity index (χ1v) is 12.7. The summed E-state index contributed by atoms with van der Waals surface area (Å²) in [6.07, 6.45) is 4.28. The van der Waals surface area contributed by atoms with Gasteiger partial charge in [-0.25, -0.2) is 4.98 Å². The predicted molar refractivity (Wildman–Crippen MR) is 131 cm³/mol. The quantitative estimate of drug-likeness (QED) is 0.675. The molecule has 1 amide bonds. The van der Waals surface area contributed by atoms with E-state index in [4.69, 9.17) is 14.3 Å². The number of carbonyl (C=O) groups excluding carboxylic acids is 1. The number of nitrogens with one attached hydrogen (secondary N) is 1. The van der Waals surface area contributed by atoms with Crippen molar-refractivity contribution in [3.63, 3.8) is 0 Å². The van der Waals surface area contributed by atoms with Crippen LogP contribution in [0.1, 0.15) is 86.0 Å². The highest BCUT2D eigenvalue weighted by Crippen LogP contribution is 2.50. The number of benzene rings is 1. The number of piperidine rings is 1. The maximum absolute atomic E-state index is 13.6. The molecule has 1 N–H and O–H groups in total. The Hall–Kier alpha value is -1.86. The minimum atomic E-state index is -0.400. The third-order valence-corrected chi connectivity index (χ3v) is 8.73. The molecule has 2 saturated heterocycles. The second-order valence-corrected chi connectivity index (χ2v) is 11.7. The molecule has 3 aliphatic rings. The smallest absolute Gasteiger partial charge is 0.399 e. The van der Waals surface area contributed by atoms with E-state index in [1.807, 2.05) is 12.1 Å². The van der Waals surface area contributed by atoms with E-state index in [1.54, 1.807) is 0 Å². The molecule has 2 aliphatic heterocycles. The molecule has 0 radical (unpaired) electrons. The van der Waals surface area contributed by atoms with Gasteiger partial charge in [-0.05, 0) is 82.8 Å². The number of imidazole rings is 1. The average Bonchev–Trinajstić information content (AvgIpc) is 3.48. The third kappa shape index (κ3) is 3.63. The summed E-state index contributed by atoms with van der Waals surface area (Å²) in [5.41, 5.74) is 2.15. The summed E-state index contributed by atoms with van der Waals surface area (Å²) in [4.78, 5) is 24.4. The number of fused-ring (bicyclic) bond motifs is 3. The van der Waals surface area contributed by atoms with Gasteiger partial charge < -0.3 is 19.2 Å². The van der Waals surface area contributed by atoms with Crippen LogP contribution in [0.25, 0.3) is 11.0 Å². The van der Waals surface area contributed by atoms with Crippen LogP contribution in [0.15, 0.2) is 18.2 Å². The van der Waals surface area contributed by atoms with Crippen molar-refractivity contribution in [2.45, 2.75) is 97.4 Å². The number of aromatic nitrogens is 2. The number of aromatic amines is 1. The van der Waals surface area contributed by atoms with E-state index in [-0.39, 0.29) is 23.2 Å². The Labute approximate surface area is 197 Å². The molecular weight excluding hydrogens is 413 g/mol. The normalized spacial score (nSPS) is 28.9. The van der Waals surface area contributed by atoms with Gasteiger partial charge in [-0.2, -0.15) is 0 Å². The zero-order chi connectivity index (χ0) is 23.7. The Balaban J connectivity index is 1.46. The summed E-state index contributed by atoms with van der Waals surface area (Å²) >= 11 is 0. The molecule has 33 heavy (non-hydrogen) atoms. The Morgan fingerprint density at radius 3 is 2.55 bits per heavy atom. The van der Waals surface area contributed by atoms with Crippen LogP contribution >= 0.6 is 0 Å². The number of nitrogens with zero attached hydrogens (tertiary/aromatic N) is 2. The Bertz CT molecular complexity index is 1050. The summed E-state index contributed by atoms with van der Waals surface area (Å²) in [5.74, 6) is 2.15. The van der Waals surface area contributed by atoms with E-state index in [9.17, 15) is 4.79 Å². The highest BCUT2D eigenvalue weighted by molar-refractivity contribution is 6.62. The van der Waals surface area contributed by atoms with Crippen LogP contribution < -0.4 is 5.46 Å². The Morgan fingerprint density at radius 1 is 1.21 bits per heavy atom. The van der Waals surface area contributed by atoms with Crippen molar-refractivity contribution in [1.29, 1.82) is 0 Å². The van der Waals surface area contributed by atoms with Crippen LogP contribution in [0.2, 0.25) is 0 Å². The third-order valence-electron chi connectivity index (χ3n) is 8.73. The predicted octanol–water partition coefficient (Wildman–Crippen LogP) is 4.60. The first kappa shape index (κ1) is 22.9. The number of H-pyrrole nitrogens is 1. The Kier molecular flexibility index (Phi) is 5.44. The average molecular weight is 451 g/mol. The number of amides is 1. The number of hydrogen-bond donors (Lipinski definition) is 1. The second-order valence-electron chi connectivity index (χ2n) is 11.7. The molecule has 3 fully saturated rings. The van der Waals surface area contributed by atoms with Crippen molar-refractivity contribution in [3.8, 4) is 0 Å². The fraction of sp³-hybridized carbons (Fsp3) is 0.692. The van der Waals surface area contributed by atoms with E-state index < -0.39 is 7.12 Å². The molecule has 0 unspecified atom stereocenters. The van der Waals surface area contributed by atoms with Crippen LogP contribution in [-0.2, 0) is 14.1 Å². The van der Waals surface area contributed by atoms with Crippen molar-refractivity contribution in [2.75, 3.05) is 0 Å². The molecule has 1 aromatic heterocycles. The van der Waals surface area contributed by atoms with Crippen molar-refractivity contribution in [3.05, 3.63) is 24.0 Å². The van der Waals surface area contributed by atoms with Crippen molar-refractivity contribution in [2.24, 2.45) is 17.8 Å². The van der Waals surface area contributed by atoms with E-state index in [0.717, 1.165) is 41.6 Å². The fourth-order valence-electron chi connectivity index (χ4n) is 6.09. The summed E-state index contributed by atoms with van der Waals surface area (Å²) in [7, 11) is -0.400. The first-order valence-electron chi connectivity index (χ1n) is 12.7. The SMILES string of the molecule is CC[C@H](C(=O)N1[C@@H]2CC[C@@H](C2)[C@H]1c1nc2ccc(B3OC(C)(C)C(C)(C)O3)cc2[nH]1)C(C)C. The van der Waals surface area contributed by atoms with Crippen LogP contribution in [0.3, 0.4) is 0 Å². The number of likely N-dealkylation sites (tertiary alicyclic amines) is 1. The lowest BCUT2D eigenvalue weighted by Gasteiger charge is -2.37. The van der Waals surface area contributed by atoms with Gasteiger partial charge in [0, 0.05) is 12.0 Å². The zero-order valence-corrected chi connectivity index (χ0v) is 21.1. The van der Waals surface area contributed by atoms with Gasteiger partial charge in [-0.1, -0.05) is 26.8 Å². The first-order chi connectivity index (χ1) is 15.5. The molecule has 2 aromatic rings. The molecule has 1 saturated carbocycles. The van der Waals surface area contributed by atoms with Crippen LogP contribution in [-0.4, -0.2) is 45.1 Å². The maximum atomic E-state index is 13.6. The number of hydrogen-bond acceptors (Lipinski definition) is 4. The molecule has 7 heteroatoms. The summed E-state index contributed by atoms with van der Waals surface area (Å²) in [6, 6.07) is 6.59. The second kappa shape index (κ2) is 7.84. The number of carbonyl (C=O) groups is 1. The fourth-order valence-corrected chi connectivity index (χ4v) is 6.09. The van der Waals surface area contributed by atoms with E-state index in [2.05, 4.69) is 64.4 Å². The summed E-state index contributed by atoms with van der Waals surface area (Å²) in [6.45, 7) is 14.7. The van der Waals surface area contributed by atoms with Crippen molar-refractivity contribution >= 4 is 29.5 Å². The molecule has 1 aliphatic carbocycles. The minimum Gasteiger partial charge on any atom is -0.399 e. The Morgan fingerprint density at radius 2 is 1.91 bits per heavy atom. The van der Waals surface area contributed by atoms with Gasteiger partial charge in [0.2, 0.25) is 5.91 Å². The highest BCUT2D eigenvalue weighted by atomic mass is 16.7. The molecular formula is C26H38BN3O3. The summed E-state index contributed by atoms with van der Waals surface area (Å²) in [5, 5.41) is 0. The van der Waals surface area contributed by atoms with Crippen molar-refractivity contribution in [1.82, 2.24) is 14.9 Å². The van der Waals surface area contributed by atoms with E-state index in [1.165, 1.54) is 6.42 Å². The van der Waals surface area contributed by atoms with Gasteiger partial charge in [0.25, 0.3) is 0 Å². The molecule has 3 heterocycles. The highest BCUT2D eigenvalue weighted by Gasteiger charge is 2.52. The summed E-state index contributed by atoms with van der Waals surface area (Å²) < 4.78 is 12.5. The molecule has 4 atom stereocenters. The zero-order valence-electron chi connectivity index (χ0n) is 21.1. The van der Waals surface area contributed by atoms with Crippen LogP contribution in [0, 0.1) is 17.8 Å². The van der Waals surface area contributed by atoms with Gasteiger partial charge in [0.05, 0.1) is 28.3 Å². The van der Waals surface area contributed by atoms with Gasteiger partial charge in [-0.3, -0.25) is 4.79 Å². The minimum absolute atomic E-state index is 0.0525. The topological polar surface area (TPSA) is 67.5 Å². The molecule has 0 spiro atoms. The lowest BCUT2D eigenvalue weighted by atomic mass is 9.79. The molecule has 2 bridgehead atoms. The molecule has 178 valence electrons. The lowest BCUT2D eigenvalue weighted by molar-refractivity contribution is -0.142. The van der Waals surface area contributed by atoms with E-state index in [0.29, 0.717) is 23.8 Å². The van der Waals surface area contributed by atoms with Gasteiger partial charge >= 0.3 is 7.12 Å². The standard InChI is InChI=1S/C26H38BN3O3/c1-8-19(15(2)3)24(31)30-18-11-9-16(13-18)22(30)23-28-20-12-10-17(14-21(20)29-23)27-32-25(4,5)26(6,7)33-27/h10,12,14-16,18-19,22H,8-9,11,13H2,1-7H3,(H,28,29)/t16-,18+,19-,22-/m0/s1. The van der Waals surface area contributed by atoms with Crippen molar-refractivity contribution < 1.29 is 14.1 Å². The monoisotopic (exact) mass is 451 g/mol. The molecule has 6 nitrogen and oxygen atoms in total. The van der Waals surface area contributed by atoms with Gasteiger partial charge in [-0.15, -0.1) is 0 Å². The van der Waals surface area contributed by atoms with Gasteiger partial charge in [0.15, 0.2) is 0 Å². The van der Waals surface area contributed by atoms with E-state index >= 15 is 0 Å². The van der Waals surface area contributed by atoms with Crippen LogP contribution in [0.5, 0.6) is 0 Å². The van der Waals surface area contributed by atoms with Crippen LogP contribution in [0.4, 0.5) is 0 Å². The molecule has 1 aromatic carbocycles. The largest absolute Gasteiger partial charge is 0.494 e. The molecule has 5 rings (SSSR count). The maximum Gasteiger partial charge on any atom is 0.494 e. The van der Waals surface area contributed by atoms with Gasteiger partial charge in [0.1, 0.15) is 5.82 Å². The lowest BCUT2D eigenvalue weighted by Crippen LogP contribution is -2.44.